The van der Waals surface area contributed by atoms with E-state index in [4.69, 9.17) is 5.73 Å². The lowest BCUT2D eigenvalue weighted by molar-refractivity contribution is 0.591. The lowest BCUT2D eigenvalue weighted by Crippen LogP contribution is -2.26. The number of nitrogens with one attached hydrogen (secondary N) is 1. The zero-order chi connectivity index (χ0) is 14.3. The molecule has 0 bridgehead atoms. The summed E-state index contributed by atoms with van der Waals surface area (Å²) in [5, 5.41) is 2.86. The van der Waals surface area contributed by atoms with Crippen molar-refractivity contribution in [2.24, 2.45) is 0 Å². The molecule has 1 aliphatic heterocycles. The molecule has 2 aliphatic rings. The summed E-state index contributed by atoms with van der Waals surface area (Å²) in [6.07, 6.45) is 3.70. The van der Waals surface area contributed by atoms with Crippen molar-refractivity contribution < 1.29 is 8.42 Å². The van der Waals surface area contributed by atoms with Crippen LogP contribution in [0.5, 0.6) is 0 Å². The van der Waals surface area contributed by atoms with E-state index in [2.05, 4.69) is 15.3 Å². The molecule has 6 nitrogen and oxygen atoms in total. The first-order chi connectivity index (χ1) is 9.47. The molecule has 3 N–H and O–H groups in total. The molecule has 1 saturated heterocycles. The van der Waals surface area contributed by atoms with Crippen molar-refractivity contribution in [3.8, 4) is 0 Å². The summed E-state index contributed by atoms with van der Waals surface area (Å²) in [6, 6.07) is 0. The van der Waals surface area contributed by atoms with Gasteiger partial charge in [0.25, 0.3) is 0 Å². The van der Waals surface area contributed by atoms with Gasteiger partial charge in [-0.25, -0.2) is 18.4 Å². The van der Waals surface area contributed by atoms with Crippen LogP contribution in [0.15, 0.2) is 0 Å². The average Bonchev–Trinajstić information content (AvgIpc) is 3.17. The third-order valence-electron chi connectivity index (χ3n) is 4.10. The van der Waals surface area contributed by atoms with Crippen molar-refractivity contribution in [2.75, 3.05) is 23.3 Å². The van der Waals surface area contributed by atoms with E-state index in [9.17, 15) is 8.42 Å². The number of hydrogen-bond donors (Lipinski definition) is 2. The van der Waals surface area contributed by atoms with Crippen LogP contribution >= 0.6 is 0 Å². The Balaban J connectivity index is 1.76. The highest BCUT2D eigenvalue weighted by Gasteiger charge is 2.32. The SMILES string of the molecule is Cc1c(N)nc(C2CC2)nc1NCC1CCCS1(=O)=O. The van der Waals surface area contributed by atoms with Gasteiger partial charge in [-0.2, -0.15) is 0 Å². The molecule has 2 heterocycles. The summed E-state index contributed by atoms with van der Waals surface area (Å²) < 4.78 is 23.6. The third-order valence-corrected chi connectivity index (χ3v) is 6.38. The Labute approximate surface area is 119 Å². The molecular formula is C13H20N4O2S. The smallest absolute Gasteiger partial charge is 0.154 e. The number of nitrogens with two attached hydrogens (primary N) is 1. The van der Waals surface area contributed by atoms with Crippen molar-refractivity contribution in [2.45, 2.75) is 43.8 Å². The van der Waals surface area contributed by atoms with Crippen molar-refractivity contribution in [1.82, 2.24) is 9.97 Å². The minimum Gasteiger partial charge on any atom is -0.383 e. The number of nitrogens with zero attached hydrogens (tertiary/aromatic N) is 2. The maximum Gasteiger partial charge on any atom is 0.154 e. The summed E-state index contributed by atoms with van der Waals surface area (Å²) in [5.41, 5.74) is 6.71. The van der Waals surface area contributed by atoms with Crippen LogP contribution in [-0.4, -0.2) is 35.9 Å². The van der Waals surface area contributed by atoms with Crippen molar-refractivity contribution in [1.29, 1.82) is 0 Å². The molecule has 1 aliphatic carbocycles. The predicted molar refractivity (Wildman–Crippen MR) is 78.5 cm³/mol. The lowest BCUT2D eigenvalue weighted by Gasteiger charge is -2.14. The first-order valence-electron chi connectivity index (χ1n) is 7.07. The first-order valence-corrected chi connectivity index (χ1v) is 8.78. The molecule has 0 radical (unpaired) electrons. The molecule has 2 fully saturated rings. The van der Waals surface area contributed by atoms with E-state index in [1.54, 1.807) is 0 Å². The van der Waals surface area contributed by atoms with Gasteiger partial charge < -0.3 is 11.1 Å². The minimum absolute atomic E-state index is 0.303. The van der Waals surface area contributed by atoms with Gasteiger partial charge in [-0.1, -0.05) is 0 Å². The summed E-state index contributed by atoms with van der Waals surface area (Å²) in [5.74, 6) is 2.68. The quantitative estimate of drug-likeness (QED) is 0.867. The third kappa shape index (κ3) is 2.59. The van der Waals surface area contributed by atoms with Crippen LogP contribution in [0.1, 0.15) is 43.0 Å². The van der Waals surface area contributed by atoms with Crippen LogP contribution in [0.25, 0.3) is 0 Å². The monoisotopic (exact) mass is 296 g/mol. The Bertz CT molecular complexity index is 626. The molecule has 0 amide bonds. The van der Waals surface area contributed by atoms with Gasteiger partial charge in [-0.15, -0.1) is 0 Å². The Hall–Kier alpha value is -1.37. The second kappa shape index (κ2) is 4.87. The molecule has 0 spiro atoms. The number of hydrogen-bond acceptors (Lipinski definition) is 6. The number of sulfone groups is 1. The molecule has 7 heteroatoms. The molecule has 1 aromatic rings. The standard InChI is InChI=1S/C13H20N4O2S/c1-8-11(14)16-13(9-4-5-9)17-12(8)15-7-10-3-2-6-20(10,18)19/h9-10H,2-7H2,1H3,(H3,14,15,16,17). The highest BCUT2D eigenvalue weighted by atomic mass is 32.2. The topological polar surface area (TPSA) is 98.0 Å². The van der Waals surface area contributed by atoms with Crippen LogP contribution in [0.3, 0.4) is 0 Å². The molecule has 1 atom stereocenters. The number of anilines is 2. The number of rotatable bonds is 4. The fourth-order valence-electron chi connectivity index (χ4n) is 2.55. The van der Waals surface area contributed by atoms with E-state index in [1.807, 2.05) is 6.92 Å². The predicted octanol–water partition coefficient (Wildman–Crippen LogP) is 1.23. The van der Waals surface area contributed by atoms with Gasteiger partial charge in [-0.05, 0) is 32.6 Å². The molecule has 1 saturated carbocycles. The second-order valence-electron chi connectivity index (χ2n) is 5.73. The summed E-state index contributed by atoms with van der Waals surface area (Å²) in [4.78, 5) is 8.82. The maximum atomic E-state index is 11.8. The lowest BCUT2D eigenvalue weighted by atomic mass is 10.2. The average molecular weight is 296 g/mol. The summed E-state index contributed by atoms with van der Waals surface area (Å²) >= 11 is 0. The Morgan fingerprint density at radius 1 is 1.30 bits per heavy atom. The van der Waals surface area contributed by atoms with Crippen molar-refractivity contribution in [3.05, 3.63) is 11.4 Å². The van der Waals surface area contributed by atoms with Gasteiger partial charge in [0, 0.05) is 18.0 Å². The van der Waals surface area contributed by atoms with E-state index in [-0.39, 0.29) is 5.25 Å². The van der Waals surface area contributed by atoms with Crippen LogP contribution in [0, 0.1) is 6.92 Å². The van der Waals surface area contributed by atoms with E-state index in [0.29, 0.717) is 29.9 Å². The van der Waals surface area contributed by atoms with Crippen LogP contribution < -0.4 is 11.1 Å². The molecule has 0 aromatic carbocycles. The van der Waals surface area contributed by atoms with E-state index in [0.717, 1.165) is 37.1 Å². The highest BCUT2D eigenvalue weighted by molar-refractivity contribution is 7.92. The number of nitrogen functional groups attached to an aromatic ring is 1. The van der Waals surface area contributed by atoms with Gasteiger partial charge in [0.2, 0.25) is 0 Å². The fourth-order valence-corrected chi connectivity index (χ4v) is 4.31. The van der Waals surface area contributed by atoms with Crippen molar-refractivity contribution in [3.63, 3.8) is 0 Å². The van der Waals surface area contributed by atoms with Gasteiger partial charge in [0.05, 0.1) is 11.0 Å². The minimum atomic E-state index is -2.93. The maximum absolute atomic E-state index is 11.8. The zero-order valence-corrected chi connectivity index (χ0v) is 12.4. The van der Waals surface area contributed by atoms with Gasteiger partial charge in [0.15, 0.2) is 9.84 Å². The molecule has 1 aromatic heterocycles. The molecule has 3 rings (SSSR count). The Morgan fingerprint density at radius 2 is 2.05 bits per heavy atom. The van der Waals surface area contributed by atoms with Crippen molar-refractivity contribution >= 4 is 21.5 Å². The fraction of sp³-hybridized carbons (Fsp3) is 0.692. The summed E-state index contributed by atoms with van der Waals surface area (Å²) in [7, 11) is -2.93. The normalized spacial score (nSPS) is 24.8. The molecular weight excluding hydrogens is 276 g/mol. The van der Waals surface area contributed by atoms with E-state index >= 15 is 0 Å². The second-order valence-corrected chi connectivity index (χ2v) is 8.13. The summed E-state index contributed by atoms with van der Waals surface area (Å²) in [6.45, 7) is 2.27. The first kappa shape index (κ1) is 13.6. The van der Waals surface area contributed by atoms with Crippen LogP contribution in [0.4, 0.5) is 11.6 Å². The van der Waals surface area contributed by atoms with Crippen LogP contribution in [-0.2, 0) is 9.84 Å². The zero-order valence-electron chi connectivity index (χ0n) is 11.6. The molecule has 1 unspecified atom stereocenters. The van der Waals surface area contributed by atoms with Gasteiger partial charge >= 0.3 is 0 Å². The highest BCUT2D eigenvalue weighted by Crippen LogP contribution is 2.39. The molecule has 110 valence electrons. The Kier molecular flexibility index (Phi) is 3.32. The van der Waals surface area contributed by atoms with E-state index in [1.165, 1.54) is 0 Å². The van der Waals surface area contributed by atoms with Gasteiger partial charge in [-0.3, -0.25) is 0 Å². The van der Waals surface area contributed by atoms with E-state index < -0.39 is 9.84 Å². The number of aromatic nitrogens is 2. The largest absolute Gasteiger partial charge is 0.383 e. The Morgan fingerprint density at radius 3 is 2.65 bits per heavy atom. The molecule has 20 heavy (non-hydrogen) atoms. The van der Waals surface area contributed by atoms with Gasteiger partial charge in [0.1, 0.15) is 17.5 Å². The van der Waals surface area contributed by atoms with Crippen LogP contribution in [0.2, 0.25) is 0 Å².